The molecule has 220 valence electrons. The van der Waals surface area contributed by atoms with Gasteiger partial charge in [0.05, 0.1) is 39.8 Å². The third kappa shape index (κ3) is 6.40. The number of halogens is 2. The number of benzene rings is 3. The van der Waals surface area contributed by atoms with Gasteiger partial charge in [-0.2, -0.15) is 5.10 Å². The lowest BCUT2D eigenvalue weighted by molar-refractivity contribution is -0.120. The highest BCUT2D eigenvalue weighted by Crippen LogP contribution is 2.37. The second-order valence-electron chi connectivity index (χ2n) is 9.65. The average molecular weight is 622 g/mol. The number of hydrogen-bond donors (Lipinski definition) is 1. The van der Waals surface area contributed by atoms with E-state index in [9.17, 15) is 18.0 Å². The van der Waals surface area contributed by atoms with E-state index in [0.29, 0.717) is 22.0 Å². The summed E-state index contributed by atoms with van der Waals surface area (Å²) in [6, 6.07) is 16.2. The largest absolute Gasteiger partial charge is 0.445 e. The normalized spacial score (nSPS) is 15.7. The Labute approximate surface area is 252 Å². The second kappa shape index (κ2) is 12.3. The number of aryl methyl sites for hydroxylation is 1. The maximum atomic E-state index is 15.7. The molecule has 1 aliphatic rings. The van der Waals surface area contributed by atoms with Crippen LogP contribution in [0.25, 0.3) is 22.6 Å². The molecule has 0 radical (unpaired) electrons. The highest BCUT2D eigenvalue weighted by atomic mass is 35.5. The maximum absolute atomic E-state index is 15.7. The highest BCUT2D eigenvalue weighted by molar-refractivity contribution is 7.91. The topological polar surface area (TPSA) is 131 Å². The summed E-state index contributed by atoms with van der Waals surface area (Å²) in [7, 11) is -4.31. The summed E-state index contributed by atoms with van der Waals surface area (Å²) in [6.45, 7) is 4.90. The number of fused-ring (bicyclic) bond motifs is 1. The van der Waals surface area contributed by atoms with Crippen LogP contribution in [0.3, 0.4) is 0 Å². The number of nitrogens with one attached hydrogen (secondary N) is 1. The number of nitrogens with zero attached hydrogens (tertiary/aromatic N) is 4. The Hall–Kier alpha value is -4.68. The molecule has 3 aromatic carbocycles. The van der Waals surface area contributed by atoms with Crippen molar-refractivity contribution in [2.45, 2.75) is 24.4 Å². The van der Waals surface area contributed by atoms with Crippen molar-refractivity contribution >= 4 is 39.1 Å². The van der Waals surface area contributed by atoms with Crippen molar-refractivity contribution in [2.24, 2.45) is 0 Å². The molecule has 4 aromatic rings. The molecule has 10 nitrogen and oxygen atoms in total. The highest BCUT2D eigenvalue weighted by Gasteiger charge is 2.40. The van der Waals surface area contributed by atoms with E-state index in [4.69, 9.17) is 16.3 Å². The molecular weight excluding hydrogens is 597 g/mol. The van der Waals surface area contributed by atoms with Gasteiger partial charge < -0.3 is 15.0 Å². The predicted molar refractivity (Wildman–Crippen MR) is 159 cm³/mol. The van der Waals surface area contributed by atoms with Gasteiger partial charge in [0.25, 0.3) is 5.91 Å². The molecule has 2 amide bonds. The number of hydrogen-bond acceptors (Lipinski definition) is 8. The zero-order chi connectivity index (χ0) is 30.7. The molecule has 0 spiro atoms. The third-order valence-electron chi connectivity index (χ3n) is 6.65. The first-order valence-electron chi connectivity index (χ1n) is 13.0. The summed E-state index contributed by atoms with van der Waals surface area (Å²) in [6.07, 6.45) is 0.314. The van der Waals surface area contributed by atoms with Gasteiger partial charge in [-0.05, 0) is 36.8 Å². The number of rotatable bonds is 7. The molecule has 1 aliphatic heterocycles. The Morgan fingerprint density at radius 2 is 1.88 bits per heavy atom. The van der Waals surface area contributed by atoms with Crippen molar-refractivity contribution in [1.29, 1.82) is 0 Å². The number of ether oxygens (including phenoxy) is 1. The first kappa shape index (κ1) is 29.8. The fourth-order valence-corrected chi connectivity index (χ4v) is 6.32. The van der Waals surface area contributed by atoms with Gasteiger partial charge in [0, 0.05) is 10.6 Å². The van der Waals surface area contributed by atoms with Crippen molar-refractivity contribution in [1.82, 2.24) is 20.5 Å². The average Bonchev–Trinajstić information content (AvgIpc) is 3.06. The fraction of sp³-hybridized carbons (Fsp3) is 0.167. The third-order valence-corrected chi connectivity index (χ3v) is 8.67. The Morgan fingerprint density at radius 1 is 1.16 bits per heavy atom. The van der Waals surface area contributed by atoms with E-state index < -0.39 is 44.3 Å². The number of carbonyl (C=O) groups excluding carboxylic acids is 2. The van der Waals surface area contributed by atoms with Gasteiger partial charge >= 0.3 is 6.09 Å². The van der Waals surface area contributed by atoms with Crippen LogP contribution in [0.5, 0.6) is 0 Å². The van der Waals surface area contributed by atoms with Crippen LogP contribution in [0, 0.1) is 12.7 Å². The molecule has 0 saturated carbocycles. The van der Waals surface area contributed by atoms with Crippen molar-refractivity contribution in [3.8, 4) is 22.6 Å². The summed E-state index contributed by atoms with van der Waals surface area (Å²) in [5, 5.41) is 11.0. The van der Waals surface area contributed by atoms with Crippen molar-refractivity contribution in [2.75, 3.05) is 17.3 Å². The van der Waals surface area contributed by atoms with E-state index in [1.165, 1.54) is 17.0 Å². The molecule has 1 atom stereocenters. The summed E-state index contributed by atoms with van der Waals surface area (Å²) in [5.74, 6) is -2.60. The molecule has 43 heavy (non-hydrogen) atoms. The van der Waals surface area contributed by atoms with Crippen LogP contribution in [0.15, 0.2) is 84.3 Å². The van der Waals surface area contributed by atoms with Crippen LogP contribution in [-0.4, -0.2) is 54.0 Å². The van der Waals surface area contributed by atoms with Crippen LogP contribution in [0.2, 0.25) is 5.02 Å². The lowest BCUT2D eigenvalue weighted by Crippen LogP contribution is -2.50. The van der Waals surface area contributed by atoms with Gasteiger partial charge in [-0.25, -0.2) is 22.6 Å². The molecule has 0 saturated heterocycles. The monoisotopic (exact) mass is 621 g/mol. The number of alkyl carbamates (subject to hydrolysis) is 1. The van der Waals surface area contributed by atoms with E-state index in [1.54, 1.807) is 31.2 Å². The maximum Gasteiger partial charge on any atom is 0.408 e. The molecule has 13 heteroatoms. The standard InChI is InChI=1S/C30H25ClFN5O5S/c1-3-13-42-30(39)33-24-17-43(40,41)26-15-23(32)22(28-34-27(18(2)35-36-28)20-7-5-4-6-8-20)14-25(26)37(29(24)38)16-19-9-11-21(31)12-10-19/h3-12,14-15,24H,1,13,16-17H2,2H3,(H,33,39)/t24-/m0/s1. The molecular formula is C30H25ClFN5O5S. The zero-order valence-electron chi connectivity index (χ0n) is 22.8. The molecule has 0 fully saturated rings. The van der Waals surface area contributed by atoms with Crippen LogP contribution < -0.4 is 10.2 Å². The Balaban J connectivity index is 1.65. The van der Waals surface area contributed by atoms with E-state index in [1.807, 2.05) is 30.3 Å². The summed E-state index contributed by atoms with van der Waals surface area (Å²) >= 11 is 6.03. The second-order valence-corrected chi connectivity index (χ2v) is 12.1. The van der Waals surface area contributed by atoms with Gasteiger partial charge in [-0.3, -0.25) is 4.79 Å². The summed E-state index contributed by atoms with van der Waals surface area (Å²) in [5.41, 5.74) is 2.02. The number of anilines is 1. The molecule has 0 unspecified atom stereocenters. The van der Waals surface area contributed by atoms with E-state index in [-0.39, 0.29) is 30.2 Å². The van der Waals surface area contributed by atoms with E-state index in [2.05, 4.69) is 27.1 Å². The van der Waals surface area contributed by atoms with Crippen LogP contribution in [0.4, 0.5) is 14.9 Å². The Morgan fingerprint density at radius 3 is 2.58 bits per heavy atom. The van der Waals surface area contributed by atoms with Gasteiger partial charge in [-0.1, -0.05) is 66.7 Å². The molecule has 1 N–H and O–H groups in total. The van der Waals surface area contributed by atoms with Gasteiger partial charge in [0.2, 0.25) is 0 Å². The van der Waals surface area contributed by atoms with Gasteiger partial charge in [0.15, 0.2) is 15.7 Å². The summed E-state index contributed by atoms with van der Waals surface area (Å²) in [4.78, 5) is 31.5. The lowest BCUT2D eigenvalue weighted by Gasteiger charge is -2.26. The van der Waals surface area contributed by atoms with Crippen molar-refractivity contribution in [3.05, 3.63) is 101 Å². The Bertz CT molecular complexity index is 1820. The van der Waals surface area contributed by atoms with Crippen LogP contribution >= 0.6 is 11.6 Å². The minimum absolute atomic E-state index is 0.104. The molecule has 2 heterocycles. The van der Waals surface area contributed by atoms with Crippen molar-refractivity contribution in [3.63, 3.8) is 0 Å². The van der Waals surface area contributed by atoms with Crippen molar-refractivity contribution < 1.29 is 27.1 Å². The first-order valence-corrected chi connectivity index (χ1v) is 15.0. The Kier molecular flexibility index (Phi) is 8.51. The van der Waals surface area contributed by atoms with Gasteiger partial charge in [-0.15, -0.1) is 5.10 Å². The van der Waals surface area contributed by atoms with Crippen LogP contribution in [0.1, 0.15) is 11.3 Å². The molecule has 5 rings (SSSR count). The molecule has 1 aromatic heterocycles. The first-order chi connectivity index (χ1) is 20.6. The molecule has 0 bridgehead atoms. The fourth-order valence-electron chi connectivity index (χ4n) is 4.58. The number of sulfone groups is 1. The van der Waals surface area contributed by atoms with E-state index in [0.717, 1.165) is 11.6 Å². The van der Waals surface area contributed by atoms with E-state index >= 15 is 4.39 Å². The van der Waals surface area contributed by atoms with Crippen LogP contribution in [-0.2, 0) is 25.9 Å². The molecule has 0 aliphatic carbocycles. The number of carbonyl (C=O) groups is 2. The zero-order valence-corrected chi connectivity index (χ0v) is 24.4. The smallest absolute Gasteiger partial charge is 0.408 e. The lowest BCUT2D eigenvalue weighted by atomic mass is 10.1. The quantitative estimate of drug-likeness (QED) is 0.288. The SMILES string of the molecule is C=CCOC(=O)N[C@H]1CS(=O)(=O)c2cc(F)c(-c3nnc(C)c(-c4ccccc4)n3)cc2N(Cc2ccc(Cl)cc2)C1=O. The number of aromatic nitrogens is 3. The number of amides is 2. The van der Waals surface area contributed by atoms with Gasteiger partial charge in [0.1, 0.15) is 18.5 Å². The minimum Gasteiger partial charge on any atom is -0.445 e. The predicted octanol–water partition coefficient (Wildman–Crippen LogP) is 4.91. The summed E-state index contributed by atoms with van der Waals surface area (Å²) < 4.78 is 47.8. The minimum atomic E-state index is -4.31.